The first-order valence-electron chi connectivity index (χ1n) is 5.98. The van der Waals surface area contributed by atoms with Gasteiger partial charge in [0.15, 0.2) is 0 Å². The number of rotatable bonds is 4. The van der Waals surface area contributed by atoms with Crippen molar-refractivity contribution in [2.45, 2.75) is 13.0 Å². The van der Waals surface area contributed by atoms with Gasteiger partial charge in [0.05, 0.1) is 11.2 Å². The molecule has 0 bridgehead atoms. The van der Waals surface area contributed by atoms with Crippen LogP contribution in [-0.2, 0) is 0 Å². The smallest absolute Gasteiger partial charge is 0.134 e. The number of para-hydroxylation sites is 1. The Hall–Kier alpha value is -1.65. The monoisotopic (exact) mass is 258 g/mol. The first-order chi connectivity index (χ1) is 8.88. The molecule has 0 aliphatic heterocycles. The van der Waals surface area contributed by atoms with Crippen LogP contribution in [0.3, 0.4) is 0 Å². The maximum Gasteiger partial charge on any atom is 0.134 e. The maximum atomic E-state index is 5.91. The minimum atomic E-state index is 0.0358. The fourth-order valence-electron chi connectivity index (χ4n) is 2.06. The molecule has 0 aliphatic carbocycles. The topological polar surface area (TPSA) is 38.1 Å². The molecule has 1 N–H and O–H groups in total. The van der Waals surface area contributed by atoms with E-state index in [1.165, 1.54) is 0 Å². The van der Waals surface area contributed by atoms with Crippen molar-refractivity contribution in [3.05, 3.63) is 52.7 Å². The number of nitrogens with one attached hydrogen (secondary N) is 1. The minimum absolute atomic E-state index is 0.0358. The molecule has 3 aromatic rings. The molecule has 2 heterocycles. The van der Waals surface area contributed by atoms with Crippen LogP contribution in [0.5, 0.6) is 0 Å². The molecule has 0 fully saturated rings. The van der Waals surface area contributed by atoms with Gasteiger partial charge in [-0.15, -0.1) is 11.3 Å². The SMILES string of the molecule is CCNC(c1cscn1)c1cc2ccccc2o1. The van der Waals surface area contributed by atoms with Crippen LogP contribution >= 0.6 is 11.3 Å². The molecular weight excluding hydrogens is 244 g/mol. The third kappa shape index (κ3) is 2.05. The number of fused-ring (bicyclic) bond motifs is 1. The van der Waals surface area contributed by atoms with E-state index in [0.29, 0.717) is 0 Å². The van der Waals surface area contributed by atoms with E-state index in [1.807, 2.05) is 23.7 Å². The fraction of sp³-hybridized carbons (Fsp3) is 0.214. The highest BCUT2D eigenvalue weighted by molar-refractivity contribution is 7.07. The van der Waals surface area contributed by atoms with E-state index in [4.69, 9.17) is 4.42 Å². The number of nitrogens with zero attached hydrogens (tertiary/aromatic N) is 1. The summed E-state index contributed by atoms with van der Waals surface area (Å²) in [5, 5.41) is 6.60. The van der Waals surface area contributed by atoms with Gasteiger partial charge in [-0.1, -0.05) is 25.1 Å². The summed E-state index contributed by atoms with van der Waals surface area (Å²) in [4.78, 5) is 4.38. The molecule has 1 atom stereocenters. The van der Waals surface area contributed by atoms with Gasteiger partial charge in [-0.3, -0.25) is 0 Å². The second kappa shape index (κ2) is 4.92. The maximum absolute atomic E-state index is 5.91. The van der Waals surface area contributed by atoms with Gasteiger partial charge in [0.25, 0.3) is 0 Å². The summed E-state index contributed by atoms with van der Waals surface area (Å²) in [6.07, 6.45) is 0. The zero-order valence-electron chi connectivity index (χ0n) is 10.1. The average Bonchev–Trinajstić information content (AvgIpc) is 3.04. The minimum Gasteiger partial charge on any atom is -0.459 e. The highest BCUT2D eigenvalue weighted by atomic mass is 32.1. The Balaban J connectivity index is 2.04. The molecule has 1 aromatic carbocycles. The molecule has 4 heteroatoms. The van der Waals surface area contributed by atoms with Crippen molar-refractivity contribution in [2.24, 2.45) is 0 Å². The second-order valence-corrected chi connectivity index (χ2v) is 4.81. The van der Waals surface area contributed by atoms with E-state index in [0.717, 1.165) is 29.0 Å². The van der Waals surface area contributed by atoms with Crippen molar-refractivity contribution in [3.8, 4) is 0 Å². The lowest BCUT2D eigenvalue weighted by Crippen LogP contribution is -2.21. The third-order valence-electron chi connectivity index (χ3n) is 2.88. The highest BCUT2D eigenvalue weighted by Gasteiger charge is 2.19. The Morgan fingerprint density at radius 1 is 1.39 bits per heavy atom. The molecule has 92 valence electrons. The van der Waals surface area contributed by atoms with Crippen molar-refractivity contribution >= 4 is 22.3 Å². The molecule has 0 saturated carbocycles. The summed E-state index contributed by atoms with van der Waals surface area (Å²) in [5.41, 5.74) is 3.79. The molecule has 3 rings (SSSR count). The van der Waals surface area contributed by atoms with Gasteiger partial charge < -0.3 is 9.73 Å². The first-order valence-corrected chi connectivity index (χ1v) is 6.92. The molecule has 0 radical (unpaired) electrons. The summed E-state index contributed by atoms with van der Waals surface area (Å²) in [7, 11) is 0. The summed E-state index contributed by atoms with van der Waals surface area (Å²) >= 11 is 1.60. The average molecular weight is 258 g/mol. The lowest BCUT2D eigenvalue weighted by Gasteiger charge is -2.12. The highest BCUT2D eigenvalue weighted by Crippen LogP contribution is 2.27. The van der Waals surface area contributed by atoms with Crippen LogP contribution in [0.25, 0.3) is 11.0 Å². The van der Waals surface area contributed by atoms with E-state index in [2.05, 4.69) is 34.7 Å². The number of furan rings is 1. The Morgan fingerprint density at radius 2 is 2.28 bits per heavy atom. The lowest BCUT2D eigenvalue weighted by atomic mass is 10.1. The Labute approximate surface area is 109 Å². The van der Waals surface area contributed by atoms with Crippen molar-refractivity contribution in [1.82, 2.24) is 10.3 Å². The molecule has 0 spiro atoms. The van der Waals surface area contributed by atoms with Gasteiger partial charge in [0.2, 0.25) is 0 Å². The Morgan fingerprint density at radius 3 is 3.00 bits per heavy atom. The van der Waals surface area contributed by atoms with E-state index >= 15 is 0 Å². The van der Waals surface area contributed by atoms with Crippen LogP contribution in [0.1, 0.15) is 24.4 Å². The normalized spacial score (nSPS) is 12.9. The fourth-order valence-corrected chi connectivity index (χ4v) is 2.64. The number of hydrogen-bond donors (Lipinski definition) is 1. The van der Waals surface area contributed by atoms with Crippen LogP contribution in [0, 0.1) is 0 Å². The summed E-state index contributed by atoms with van der Waals surface area (Å²) in [5.74, 6) is 0.920. The molecule has 2 aromatic heterocycles. The Kier molecular flexibility index (Phi) is 3.13. The van der Waals surface area contributed by atoms with Gasteiger partial charge in [-0.2, -0.15) is 0 Å². The zero-order chi connectivity index (χ0) is 12.4. The van der Waals surface area contributed by atoms with Gasteiger partial charge in [-0.25, -0.2) is 4.98 Å². The number of hydrogen-bond acceptors (Lipinski definition) is 4. The van der Waals surface area contributed by atoms with Crippen molar-refractivity contribution in [1.29, 1.82) is 0 Å². The molecule has 0 amide bonds. The number of benzene rings is 1. The summed E-state index contributed by atoms with van der Waals surface area (Å²) < 4.78 is 5.91. The van der Waals surface area contributed by atoms with Crippen LogP contribution in [0.15, 0.2) is 45.6 Å². The van der Waals surface area contributed by atoms with Crippen molar-refractivity contribution in [3.63, 3.8) is 0 Å². The van der Waals surface area contributed by atoms with E-state index in [1.54, 1.807) is 11.3 Å². The van der Waals surface area contributed by atoms with Crippen LogP contribution in [-0.4, -0.2) is 11.5 Å². The summed E-state index contributed by atoms with van der Waals surface area (Å²) in [6.45, 7) is 2.96. The number of thiazole rings is 1. The van der Waals surface area contributed by atoms with Gasteiger partial charge in [0.1, 0.15) is 17.4 Å². The van der Waals surface area contributed by atoms with E-state index in [-0.39, 0.29) is 6.04 Å². The lowest BCUT2D eigenvalue weighted by molar-refractivity contribution is 0.472. The van der Waals surface area contributed by atoms with Gasteiger partial charge >= 0.3 is 0 Å². The number of aromatic nitrogens is 1. The summed E-state index contributed by atoms with van der Waals surface area (Å²) in [6, 6.07) is 10.2. The largest absolute Gasteiger partial charge is 0.459 e. The quantitative estimate of drug-likeness (QED) is 0.777. The molecule has 3 nitrogen and oxygen atoms in total. The predicted molar refractivity (Wildman–Crippen MR) is 73.8 cm³/mol. The molecule has 0 saturated heterocycles. The third-order valence-corrected chi connectivity index (χ3v) is 3.49. The van der Waals surface area contributed by atoms with Crippen LogP contribution in [0.4, 0.5) is 0 Å². The Bertz CT molecular complexity index is 597. The molecule has 18 heavy (non-hydrogen) atoms. The molecular formula is C14H14N2OS. The van der Waals surface area contributed by atoms with Gasteiger partial charge in [-0.05, 0) is 18.7 Å². The predicted octanol–water partition coefficient (Wildman–Crippen LogP) is 3.59. The van der Waals surface area contributed by atoms with Crippen LogP contribution in [0.2, 0.25) is 0 Å². The van der Waals surface area contributed by atoms with Crippen molar-refractivity contribution in [2.75, 3.05) is 6.54 Å². The molecule has 0 aliphatic rings. The van der Waals surface area contributed by atoms with Gasteiger partial charge in [0, 0.05) is 10.8 Å². The van der Waals surface area contributed by atoms with E-state index < -0.39 is 0 Å². The van der Waals surface area contributed by atoms with Crippen LogP contribution < -0.4 is 5.32 Å². The zero-order valence-corrected chi connectivity index (χ0v) is 10.9. The second-order valence-electron chi connectivity index (χ2n) is 4.09. The standard InChI is InChI=1S/C14H14N2OS/c1-2-15-14(11-8-18-9-16-11)13-7-10-5-3-4-6-12(10)17-13/h3-9,14-15H,2H2,1H3. The molecule has 1 unspecified atom stereocenters. The first kappa shape index (κ1) is 11.4. The van der Waals surface area contributed by atoms with Crippen molar-refractivity contribution < 1.29 is 4.42 Å². The van der Waals surface area contributed by atoms with E-state index in [9.17, 15) is 0 Å².